The van der Waals surface area contributed by atoms with Gasteiger partial charge in [-0.25, -0.2) is 8.42 Å². The van der Waals surface area contributed by atoms with Gasteiger partial charge in [0.2, 0.25) is 15.9 Å². The van der Waals surface area contributed by atoms with Gasteiger partial charge in [0.1, 0.15) is 11.8 Å². The number of aryl methyl sites for hydroxylation is 1. The van der Waals surface area contributed by atoms with E-state index in [4.69, 9.17) is 4.74 Å². The molecule has 0 spiro atoms. The molecule has 1 unspecified atom stereocenters. The van der Waals surface area contributed by atoms with Crippen molar-refractivity contribution in [1.29, 1.82) is 0 Å². The highest BCUT2D eigenvalue weighted by Gasteiger charge is 2.40. The van der Waals surface area contributed by atoms with Gasteiger partial charge in [-0.1, -0.05) is 11.6 Å². The average Bonchev–Trinajstić information content (AvgIpc) is 2.90. The molecule has 30 heavy (non-hydrogen) atoms. The van der Waals surface area contributed by atoms with Gasteiger partial charge in [-0.15, -0.1) is 0 Å². The van der Waals surface area contributed by atoms with Crippen LogP contribution in [0, 0.1) is 6.92 Å². The number of benzene rings is 2. The van der Waals surface area contributed by atoms with Crippen LogP contribution in [0.5, 0.6) is 5.75 Å². The quantitative estimate of drug-likeness (QED) is 0.675. The number of ether oxygens (including phenoxy) is 1. The third-order valence-corrected chi connectivity index (χ3v) is 5.19. The molecular weight excluding hydrogens is 410 g/mol. The van der Waals surface area contributed by atoms with Crippen LogP contribution in [-0.2, 0) is 14.8 Å². The molecule has 3 rings (SSSR count). The van der Waals surface area contributed by atoms with E-state index in [1.807, 2.05) is 6.92 Å². The Bertz CT molecular complexity index is 1160. The minimum atomic E-state index is -3.57. The van der Waals surface area contributed by atoms with Crippen molar-refractivity contribution < 1.29 is 27.5 Å². The number of imide groups is 1. The summed E-state index contributed by atoms with van der Waals surface area (Å²) in [6.07, 6.45) is 0.990. The molecule has 0 saturated carbocycles. The Kier molecular flexibility index (Phi) is 5.53. The number of nitrogens with zero attached hydrogens (tertiary/aromatic N) is 1. The molecule has 10 heteroatoms. The van der Waals surface area contributed by atoms with Gasteiger partial charge in [0, 0.05) is 5.69 Å². The summed E-state index contributed by atoms with van der Waals surface area (Å²) >= 11 is 0. The first-order chi connectivity index (χ1) is 14.0. The predicted molar refractivity (Wildman–Crippen MR) is 111 cm³/mol. The maximum absolute atomic E-state index is 12.7. The monoisotopic (exact) mass is 431 g/mol. The fourth-order valence-electron chi connectivity index (χ4n) is 3.15. The number of rotatable bonds is 6. The number of nitrogens with one attached hydrogen (secondary N) is 2. The van der Waals surface area contributed by atoms with E-state index >= 15 is 0 Å². The third kappa shape index (κ3) is 4.13. The lowest BCUT2D eigenvalue weighted by Gasteiger charge is -2.22. The molecule has 158 valence electrons. The Hall–Kier alpha value is -3.40. The molecule has 0 aliphatic carbocycles. The molecule has 2 aromatic rings. The molecule has 2 aromatic carbocycles. The van der Waals surface area contributed by atoms with E-state index in [0.29, 0.717) is 0 Å². The van der Waals surface area contributed by atoms with E-state index in [-0.39, 0.29) is 28.3 Å². The number of anilines is 2. The maximum Gasteiger partial charge on any atom is 0.262 e. The number of fused-ring (bicyclic) bond motifs is 1. The number of amides is 3. The fraction of sp³-hybridized carbons (Fsp3) is 0.250. The summed E-state index contributed by atoms with van der Waals surface area (Å²) in [5, 5.41) is 2.60. The molecule has 0 saturated heterocycles. The summed E-state index contributed by atoms with van der Waals surface area (Å²) in [6, 6.07) is 8.23. The summed E-state index contributed by atoms with van der Waals surface area (Å²) in [4.78, 5) is 39.0. The lowest BCUT2D eigenvalue weighted by Crippen LogP contribution is -2.45. The van der Waals surface area contributed by atoms with Gasteiger partial charge in [-0.05, 0) is 44.2 Å². The second-order valence-electron chi connectivity index (χ2n) is 6.98. The first-order valence-electron chi connectivity index (χ1n) is 8.97. The van der Waals surface area contributed by atoms with Crippen molar-refractivity contribution in [3.05, 3.63) is 53.1 Å². The molecule has 0 bridgehead atoms. The normalized spacial score (nSPS) is 14.3. The van der Waals surface area contributed by atoms with E-state index in [1.165, 1.54) is 32.2 Å². The molecule has 1 heterocycles. The molecule has 1 aliphatic heterocycles. The molecule has 3 amide bonds. The predicted octanol–water partition coefficient (Wildman–Crippen LogP) is 2.00. The van der Waals surface area contributed by atoms with Crippen LogP contribution in [0.3, 0.4) is 0 Å². The number of hydrogen-bond donors (Lipinski definition) is 2. The van der Waals surface area contributed by atoms with Crippen LogP contribution in [0.2, 0.25) is 0 Å². The summed E-state index contributed by atoms with van der Waals surface area (Å²) in [7, 11) is -2.19. The van der Waals surface area contributed by atoms with E-state index in [9.17, 15) is 22.8 Å². The van der Waals surface area contributed by atoms with Crippen molar-refractivity contribution in [1.82, 2.24) is 4.90 Å². The average molecular weight is 431 g/mol. The smallest absolute Gasteiger partial charge is 0.262 e. The Morgan fingerprint density at radius 3 is 2.37 bits per heavy atom. The van der Waals surface area contributed by atoms with Crippen LogP contribution in [0.1, 0.15) is 33.2 Å². The van der Waals surface area contributed by atoms with Gasteiger partial charge in [-0.3, -0.25) is 24.0 Å². The molecule has 0 fully saturated rings. The van der Waals surface area contributed by atoms with Gasteiger partial charge in [0.05, 0.1) is 30.2 Å². The lowest BCUT2D eigenvalue weighted by molar-refractivity contribution is -0.119. The molecular formula is C20H21N3O6S. The van der Waals surface area contributed by atoms with Gasteiger partial charge < -0.3 is 10.1 Å². The van der Waals surface area contributed by atoms with Crippen molar-refractivity contribution in [2.75, 3.05) is 23.4 Å². The molecule has 1 atom stereocenters. The van der Waals surface area contributed by atoms with Crippen molar-refractivity contribution >= 4 is 39.1 Å². The second kappa shape index (κ2) is 7.79. The van der Waals surface area contributed by atoms with Crippen LogP contribution >= 0.6 is 0 Å². The largest absolute Gasteiger partial charge is 0.495 e. The molecule has 0 aromatic heterocycles. The summed E-state index contributed by atoms with van der Waals surface area (Å²) in [6.45, 7) is 3.26. The molecule has 2 N–H and O–H groups in total. The Morgan fingerprint density at radius 2 is 1.73 bits per heavy atom. The fourth-order valence-corrected chi connectivity index (χ4v) is 3.71. The molecule has 9 nitrogen and oxygen atoms in total. The molecule has 0 radical (unpaired) electrons. The van der Waals surface area contributed by atoms with Gasteiger partial charge in [-0.2, -0.15) is 0 Å². The number of hydrogen-bond acceptors (Lipinski definition) is 6. The minimum absolute atomic E-state index is 0.140. The van der Waals surface area contributed by atoms with Crippen molar-refractivity contribution in [3.63, 3.8) is 0 Å². The van der Waals surface area contributed by atoms with Gasteiger partial charge >= 0.3 is 0 Å². The number of sulfonamides is 1. The Morgan fingerprint density at radius 1 is 1.07 bits per heavy atom. The Labute approximate surface area is 174 Å². The van der Waals surface area contributed by atoms with Crippen LogP contribution < -0.4 is 14.8 Å². The van der Waals surface area contributed by atoms with E-state index in [2.05, 4.69) is 10.0 Å². The zero-order valence-electron chi connectivity index (χ0n) is 16.8. The SMILES string of the molecule is COc1ccc(NC(=O)C(C)N2C(=O)c3ccc(C)cc3C2=O)cc1NS(C)(=O)=O. The van der Waals surface area contributed by atoms with Crippen LogP contribution in [0.4, 0.5) is 11.4 Å². The second-order valence-corrected chi connectivity index (χ2v) is 8.73. The van der Waals surface area contributed by atoms with Gasteiger partial charge in [0.15, 0.2) is 0 Å². The zero-order valence-corrected chi connectivity index (χ0v) is 17.7. The van der Waals surface area contributed by atoms with Crippen molar-refractivity contribution in [2.24, 2.45) is 0 Å². The highest BCUT2D eigenvalue weighted by Crippen LogP contribution is 2.30. The first-order valence-corrected chi connectivity index (χ1v) is 10.9. The number of methoxy groups -OCH3 is 1. The van der Waals surface area contributed by atoms with Crippen LogP contribution in [0.25, 0.3) is 0 Å². The highest BCUT2D eigenvalue weighted by atomic mass is 32.2. The van der Waals surface area contributed by atoms with Crippen molar-refractivity contribution in [2.45, 2.75) is 19.9 Å². The standard InChI is InChI=1S/C20H21N3O6S/c1-11-5-7-14-15(9-11)20(26)23(19(14)25)12(2)18(24)21-13-6-8-17(29-3)16(10-13)22-30(4,27)28/h5-10,12,22H,1-4H3,(H,21,24). The first kappa shape index (κ1) is 21.3. The summed E-state index contributed by atoms with van der Waals surface area (Å²) in [5.74, 6) is -1.40. The third-order valence-electron chi connectivity index (χ3n) is 4.60. The van der Waals surface area contributed by atoms with Crippen LogP contribution in [0.15, 0.2) is 36.4 Å². The topological polar surface area (TPSA) is 122 Å². The minimum Gasteiger partial charge on any atom is -0.495 e. The summed E-state index contributed by atoms with van der Waals surface area (Å²) in [5.41, 5.74) is 1.77. The van der Waals surface area contributed by atoms with E-state index in [0.717, 1.165) is 16.7 Å². The Balaban J connectivity index is 1.82. The van der Waals surface area contributed by atoms with E-state index in [1.54, 1.807) is 18.2 Å². The van der Waals surface area contributed by atoms with Crippen molar-refractivity contribution in [3.8, 4) is 5.75 Å². The lowest BCUT2D eigenvalue weighted by atomic mass is 10.1. The highest BCUT2D eigenvalue weighted by molar-refractivity contribution is 7.92. The van der Waals surface area contributed by atoms with Crippen LogP contribution in [-0.4, -0.2) is 50.4 Å². The summed E-state index contributed by atoms with van der Waals surface area (Å²) < 4.78 is 30.5. The maximum atomic E-state index is 12.7. The van der Waals surface area contributed by atoms with Gasteiger partial charge in [0.25, 0.3) is 11.8 Å². The zero-order chi connectivity index (χ0) is 22.2. The molecule has 1 aliphatic rings. The number of carbonyl (C=O) groups excluding carboxylic acids is 3. The number of carbonyl (C=O) groups is 3. The van der Waals surface area contributed by atoms with E-state index < -0.39 is 33.8 Å².